The Bertz CT molecular complexity index is 620. The van der Waals surface area contributed by atoms with Gasteiger partial charge in [-0.3, -0.25) is 14.6 Å². The SMILES string of the molecule is CC(C)N1CCCCC2(CN(C(=O)Cc3ccccn3)CCO2)C1=O. The third kappa shape index (κ3) is 3.84. The Morgan fingerprint density at radius 1 is 1.32 bits per heavy atom. The highest BCUT2D eigenvalue weighted by molar-refractivity contribution is 5.87. The average Bonchev–Trinajstić information content (AvgIpc) is 2.76. The Morgan fingerprint density at radius 3 is 2.88 bits per heavy atom. The molecule has 1 aromatic heterocycles. The van der Waals surface area contributed by atoms with E-state index in [2.05, 4.69) is 4.98 Å². The number of ether oxygens (including phenoxy) is 1. The molecule has 2 saturated heterocycles. The zero-order chi connectivity index (χ0) is 17.9. The van der Waals surface area contributed by atoms with Gasteiger partial charge in [-0.15, -0.1) is 0 Å². The Labute approximate surface area is 149 Å². The molecule has 0 aliphatic carbocycles. The molecule has 2 aliphatic heterocycles. The van der Waals surface area contributed by atoms with Gasteiger partial charge < -0.3 is 14.5 Å². The molecule has 0 bridgehead atoms. The second-order valence-corrected chi connectivity index (χ2v) is 7.21. The van der Waals surface area contributed by atoms with Crippen LogP contribution in [0.15, 0.2) is 24.4 Å². The van der Waals surface area contributed by atoms with E-state index >= 15 is 0 Å². The zero-order valence-electron chi connectivity index (χ0n) is 15.1. The molecular weight excluding hydrogens is 318 g/mol. The summed E-state index contributed by atoms with van der Waals surface area (Å²) in [5.74, 6) is 0.0462. The van der Waals surface area contributed by atoms with E-state index in [0.29, 0.717) is 26.1 Å². The van der Waals surface area contributed by atoms with Gasteiger partial charge in [0.15, 0.2) is 5.60 Å². The molecule has 1 unspecified atom stereocenters. The van der Waals surface area contributed by atoms with E-state index in [-0.39, 0.29) is 24.3 Å². The van der Waals surface area contributed by atoms with Gasteiger partial charge in [0.05, 0.1) is 19.6 Å². The van der Waals surface area contributed by atoms with Crippen molar-refractivity contribution in [3.05, 3.63) is 30.1 Å². The number of hydrogen-bond donors (Lipinski definition) is 0. The fourth-order valence-electron chi connectivity index (χ4n) is 3.70. The molecule has 1 aromatic rings. The van der Waals surface area contributed by atoms with E-state index in [1.165, 1.54) is 0 Å². The van der Waals surface area contributed by atoms with Crippen LogP contribution in [0.1, 0.15) is 38.8 Å². The van der Waals surface area contributed by atoms with Gasteiger partial charge in [0.2, 0.25) is 5.91 Å². The van der Waals surface area contributed by atoms with Crippen molar-refractivity contribution in [2.24, 2.45) is 0 Å². The number of carbonyl (C=O) groups excluding carboxylic acids is 2. The van der Waals surface area contributed by atoms with Crippen LogP contribution in [0, 0.1) is 0 Å². The normalized spacial score (nSPS) is 24.7. The van der Waals surface area contributed by atoms with Crippen LogP contribution in [-0.4, -0.2) is 64.5 Å². The standard InChI is InChI=1S/C19H27N3O3/c1-15(2)22-10-6-4-8-19(18(22)24)14-21(11-12-25-19)17(23)13-16-7-3-5-9-20-16/h3,5,7,9,15H,4,6,8,10-14H2,1-2H3. The lowest BCUT2D eigenvalue weighted by Gasteiger charge is -2.43. The summed E-state index contributed by atoms with van der Waals surface area (Å²) in [6, 6.07) is 5.71. The van der Waals surface area contributed by atoms with Gasteiger partial charge >= 0.3 is 0 Å². The van der Waals surface area contributed by atoms with Crippen molar-refractivity contribution in [2.75, 3.05) is 26.2 Å². The molecule has 2 fully saturated rings. The maximum Gasteiger partial charge on any atom is 0.256 e. The summed E-state index contributed by atoms with van der Waals surface area (Å²) in [6.07, 6.45) is 4.56. The fourth-order valence-corrected chi connectivity index (χ4v) is 3.70. The van der Waals surface area contributed by atoms with E-state index in [4.69, 9.17) is 4.74 Å². The Hall–Kier alpha value is -1.95. The van der Waals surface area contributed by atoms with E-state index in [1.54, 1.807) is 11.1 Å². The third-order valence-electron chi connectivity index (χ3n) is 5.10. The first kappa shape index (κ1) is 17.9. The molecule has 0 radical (unpaired) electrons. The number of amides is 2. The quantitative estimate of drug-likeness (QED) is 0.835. The molecule has 6 heteroatoms. The summed E-state index contributed by atoms with van der Waals surface area (Å²) < 4.78 is 6.01. The summed E-state index contributed by atoms with van der Waals surface area (Å²) in [6.45, 7) is 6.12. The van der Waals surface area contributed by atoms with Gasteiger partial charge in [-0.2, -0.15) is 0 Å². The number of pyridine rings is 1. The number of rotatable bonds is 3. The lowest BCUT2D eigenvalue weighted by Crippen LogP contribution is -2.61. The van der Waals surface area contributed by atoms with Crippen LogP contribution in [0.5, 0.6) is 0 Å². The molecule has 1 spiro atoms. The molecule has 1 atom stereocenters. The van der Waals surface area contributed by atoms with E-state index in [9.17, 15) is 9.59 Å². The number of morpholine rings is 1. The minimum Gasteiger partial charge on any atom is -0.361 e. The van der Waals surface area contributed by atoms with Gasteiger partial charge in [-0.25, -0.2) is 0 Å². The maximum atomic E-state index is 13.1. The van der Waals surface area contributed by atoms with E-state index in [1.807, 2.05) is 36.9 Å². The van der Waals surface area contributed by atoms with Gasteiger partial charge in [-0.1, -0.05) is 6.07 Å². The largest absolute Gasteiger partial charge is 0.361 e. The molecule has 3 heterocycles. The minimum atomic E-state index is -0.876. The number of nitrogens with zero attached hydrogens (tertiary/aromatic N) is 3. The summed E-state index contributed by atoms with van der Waals surface area (Å²) in [5.41, 5.74) is -0.122. The molecule has 3 rings (SSSR count). The van der Waals surface area contributed by atoms with Crippen LogP contribution in [0.4, 0.5) is 0 Å². The Morgan fingerprint density at radius 2 is 2.16 bits per heavy atom. The first-order valence-electron chi connectivity index (χ1n) is 9.14. The minimum absolute atomic E-state index is 0.00881. The van der Waals surface area contributed by atoms with Crippen LogP contribution < -0.4 is 0 Å². The van der Waals surface area contributed by atoms with Crippen molar-refractivity contribution < 1.29 is 14.3 Å². The maximum absolute atomic E-state index is 13.1. The number of hydrogen-bond acceptors (Lipinski definition) is 4. The van der Waals surface area contributed by atoms with Crippen molar-refractivity contribution in [3.8, 4) is 0 Å². The molecule has 25 heavy (non-hydrogen) atoms. The highest BCUT2D eigenvalue weighted by Crippen LogP contribution is 2.31. The second kappa shape index (κ2) is 7.52. The lowest BCUT2D eigenvalue weighted by atomic mass is 9.93. The molecule has 0 saturated carbocycles. The molecule has 136 valence electrons. The fraction of sp³-hybridized carbons (Fsp3) is 0.632. The summed E-state index contributed by atoms with van der Waals surface area (Å²) in [4.78, 5) is 33.8. The average molecular weight is 345 g/mol. The first-order chi connectivity index (χ1) is 12.0. The van der Waals surface area contributed by atoms with E-state index < -0.39 is 5.60 Å². The topological polar surface area (TPSA) is 62.7 Å². The van der Waals surface area contributed by atoms with Crippen molar-refractivity contribution in [3.63, 3.8) is 0 Å². The van der Waals surface area contributed by atoms with Gasteiger partial charge in [0.1, 0.15) is 0 Å². The smallest absolute Gasteiger partial charge is 0.256 e. The highest BCUT2D eigenvalue weighted by atomic mass is 16.5. The predicted molar refractivity (Wildman–Crippen MR) is 93.9 cm³/mol. The molecule has 0 N–H and O–H groups in total. The number of carbonyl (C=O) groups is 2. The summed E-state index contributed by atoms with van der Waals surface area (Å²) in [7, 11) is 0. The van der Waals surface area contributed by atoms with Crippen molar-refractivity contribution in [1.82, 2.24) is 14.8 Å². The molecule has 2 aliphatic rings. The Balaban J connectivity index is 1.74. The summed E-state index contributed by atoms with van der Waals surface area (Å²) >= 11 is 0. The van der Waals surface area contributed by atoms with Crippen LogP contribution >= 0.6 is 0 Å². The predicted octanol–water partition coefficient (Wildman–Crippen LogP) is 1.64. The number of aromatic nitrogens is 1. The van der Waals surface area contributed by atoms with E-state index in [0.717, 1.165) is 25.1 Å². The highest BCUT2D eigenvalue weighted by Gasteiger charge is 2.48. The van der Waals surface area contributed by atoms with Crippen LogP contribution in [-0.2, 0) is 20.7 Å². The van der Waals surface area contributed by atoms with Crippen LogP contribution in [0.25, 0.3) is 0 Å². The lowest BCUT2D eigenvalue weighted by molar-refractivity contribution is -0.175. The van der Waals surface area contributed by atoms with Crippen LogP contribution in [0.2, 0.25) is 0 Å². The third-order valence-corrected chi connectivity index (χ3v) is 5.10. The molecule has 6 nitrogen and oxygen atoms in total. The van der Waals surface area contributed by atoms with Crippen LogP contribution in [0.3, 0.4) is 0 Å². The van der Waals surface area contributed by atoms with Gasteiger partial charge in [-0.05, 0) is 45.2 Å². The first-order valence-corrected chi connectivity index (χ1v) is 9.14. The molecule has 0 aromatic carbocycles. The monoisotopic (exact) mass is 345 g/mol. The second-order valence-electron chi connectivity index (χ2n) is 7.21. The number of likely N-dealkylation sites (tertiary alicyclic amines) is 1. The van der Waals surface area contributed by atoms with Crippen molar-refractivity contribution >= 4 is 11.8 Å². The van der Waals surface area contributed by atoms with Gasteiger partial charge in [0.25, 0.3) is 5.91 Å². The van der Waals surface area contributed by atoms with Crippen molar-refractivity contribution in [2.45, 2.75) is 51.2 Å². The Kier molecular flexibility index (Phi) is 5.37. The zero-order valence-corrected chi connectivity index (χ0v) is 15.1. The van der Waals surface area contributed by atoms with Crippen molar-refractivity contribution in [1.29, 1.82) is 0 Å². The molecule has 2 amide bonds. The van der Waals surface area contributed by atoms with Gasteiger partial charge in [0, 0.05) is 31.0 Å². The molecular formula is C19H27N3O3. The summed E-state index contributed by atoms with van der Waals surface area (Å²) in [5, 5.41) is 0.